The largest absolute Gasteiger partial charge is 0.240 e. The predicted molar refractivity (Wildman–Crippen MR) is 84.8 cm³/mol. The summed E-state index contributed by atoms with van der Waals surface area (Å²) in [4.78, 5) is 10.3. The van der Waals surface area contributed by atoms with Crippen LogP contribution in [0.15, 0.2) is 35.4 Å². The van der Waals surface area contributed by atoms with E-state index >= 15 is 0 Å². The Labute approximate surface area is 127 Å². The number of rotatable bonds is 5. The molecule has 0 N–H and O–H groups in total. The van der Waals surface area contributed by atoms with Crippen molar-refractivity contribution in [3.63, 3.8) is 0 Å². The third-order valence-corrected chi connectivity index (χ3v) is 4.48. The second-order valence-electron chi connectivity index (χ2n) is 4.35. The van der Waals surface area contributed by atoms with Gasteiger partial charge in [0.15, 0.2) is 0 Å². The highest BCUT2D eigenvalue weighted by molar-refractivity contribution is 9.08. The molecule has 0 fully saturated rings. The standard InChI is InChI=1S/C15H17BrN2S/c1-3-14-12(8-16)9-17-15(18-14)10-19-13-6-4-11(2)5-7-13/h4-7,9H,3,8,10H2,1-2H3. The molecule has 0 aliphatic heterocycles. The number of nitrogens with zero attached hydrogens (tertiary/aromatic N) is 2. The van der Waals surface area contributed by atoms with Crippen molar-refractivity contribution in [3.05, 3.63) is 53.1 Å². The summed E-state index contributed by atoms with van der Waals surface area (Å²) in [6, 6.07) is 8.56. The lowest BCUT2D eigenvalue weighted by atomic mass is 10.2. The third-order valence-electron chi connectivity index (χ3n) is 2.87. The first kappa shape index (κ1) is 14.5. The van der Waals surface area contributed by atoms with E-state index in [1.807, 2.05) is 6.20 Å². The fourth-order valence-corrected chi connectivity index (χ4v) is 2.98. The molecule has 0 radical (unpaired) electrons. The summed E-state index contributed by atoms with van der Waals surface area (Å²) in [6.07, 6.45) is 2.89. The van der Waals surface area contributed by atoms with Crippen LogP contribution in [0.4, 0.5) is 0 Å². The quantitative estimate of drug-likeness (QED) is 0.592. The van der Waals surface area contributed by atoms with Crippen molar-refractivity contribution in [1.29, 1.82) is 0 Å². The van der Waals surface area contributed by atoms with Crippen LogP contribution in [0.3, 0.4) is 0 Å². The van der Waals surface area contributed by atoms with E-state index in [0.717, 1.165) is 29.0 Å². The highest BCUT2D eigenvalue weighted by atomic mass is 79.9. The highest BCUT2D eigenvalue weighted by Crippen LogP contribution is 2.22. The Hall–Kier alpha value is -0.870. The molecule has 0 saturated heterocycles. The number of thioether (sulfide) groups is 1. The third kappa shape index (κ3) is 4.05. The Balaban J connectivity index is 2.05. The first-order chi connectivity index (χ1) is 9.22. The number of aryl methyl sites for hydroxylation is 2. The molecule has 0 atom stereocenters. The number of hydrogen-bond acceptors (Lipinski definition) is 3. The van der Waals surface area contributed by atoms with Gasteiger partial charge in [-0.2, -0.15) is 0 Å². The summed E-state index contributed by atoms with van der Waals surface area (Å²) in [7, 11) is 0. The topological polar surface area (TPSA) is 25.8 Å². The van der Waals surface area contributed by atoms with Crippen molar-refractivity contribution in [1.82, 2.24) is 9.97 Å². The molecular formula is C15H17BrN2S. The van der Waals surface area contributed by atoms with Crippen LogP contribution in [-0.4, -0.2) is 9.97 Å². The average Bonchev–Trinajstić information content (AvgIpc) is 2.46. The zero-order chi connectivity index (χ0) is 13.7. The van der Waals surface area contributed by atoms with Gasteiger partial charge in [-0.05, 0) is 25.5 Å². The molecule has 0 unspecified atom stereocenters. The van der Waals surface area contributed by atoms with Crippen LogP contribution < -0.4 is 0 Å². The van der Waals surface area contributed by atoms with E-state index < -0.39 is 0 Å². The summed E-state index contributed by atoms with van der Waals surface area (Å²) in [5, 5.41) is 0.821. The van der Waals surface area contributed by atoms with E-state index in [9.17, 15) is 0 Å². The summed E-state index contributed by atoms with van der Waals surface area (Å²) < 4.78 is 0. The predicted octanol–water partition coefficient (Wildman–Crippen LogP) is 4.53. The van der Waals surface area contributed by atoms with Crippen molar-refractivity contribution in [3.8, 4) is 0 Å². The van der Waals surface area contributed by atoms with Gasteiger partial charge in [-0.3, -0.25) is 0 Å². The Morgan fingerprint density at radius 3 is 2.58 bits per heavy atom. The average molecular weight is 337 g/mol. The molecule has 0 saturated carbocycles. The maximum absolute atomic E-state index is 4.63. The number of halogens is 1. The Kier molecular flexibility index (Phi) is 5.40. The van der Waals surface area contributed by atoms with Crippen molar-refractivity contribution >= 4 is 27.7 Å². The van der Waals surface area contributed by atoms with Gasteiger partial charge in [-0.1, -0.05) is 40.5 Å². The smallest absolute Gasteiger partial charge is 0.138 e. The van der Waals surface area contributed by atoms with Crippen LogP contribution in [0.2, 0.25) is 0 Å². The van der Waals surface area contributed by atoms with Gasteiger partial charge in [0.1, 0.15) is 5.82 Å². The minimum atomic E-state index is 0.818. The van der Waals surface area contributed by atoms with Gasteiger partial charge >= 0.3 is 0 Å². The lowest BCUT2D eigenvalue weighted by Gasteiger charge is -2.06. The normalized spacial score (nSPS) is 10.7. The molecule has 100 valence electrons. The molecule has 19 heavy (non-hydrogen) atoms. The number of hydrogen-bond donors (Lipinski definition) is 0. The molecule has 2 nitrogen and oxygen atoms in total. The summed E-state index contributed by atoms with van der Waals surface area (Å²) in [5.41, 5.74) is 3.62. The Bertz CT molecular complexity index is 540. The van der Waals surface area contributed by atoms with E-state index in [4.69, 9.17) is 0 Å². The minimum absolute atomic E-state index is 0.818. The summed E-state index contributed by atoms with van der Waals surface area (Å²) in [5.74, 6) is 1.73. The molecule has 0 bridgehead atoms. The van der Waals surface area contributed by atoms with Gasteiger partial charge in [-0.25, -0.2) is 9.97 Å². The van der Waals surface area contributed by atoms with Crippen LogP contribution in [0, 0.1) is 6.92 Å². The maximum Gasteiger partial charge on any atom is 0.138 e. The zero-order valence-electron chi connectivity index (χ0n) is 11.2. The van der Waals surface area contributed by atoms with Gasteiger partial charge in [0, 0.05) is 27.7 Å². The molecule has 0 aliphatic rings. The SMILES string of the molecule is CCc1nc(CSc2ccc(C)cc2)ncc1CBr. The van der Waals surface area contributed by atoms with Crippen molar-refractivity contribution in [2.24, 2.45) is 0 Å². The van der Waals surface area contributed by atoms with E-state index in [-0.39, 0.29) is 0 Å². The number of benzene rings is 1. The number of alkyl halides is 1. The second-order valence-corrected chi connectivity index (χ2v) is 5.96. The summed E-state index contributed by atoms with van der Waals surface area (Å²) >= 11 is 5.25. The van der Waals surface area contributed by atoms with Gasteiger partial charge in [-0.15, -0.1) is 11.8 Å². The Morgan fingerprint density at radius 1 is 1.21 bits per heavy atom. The molecule has 1 aromatic heterocycles. The first-order valence-electron chi connectivity index (χ1n) is 6.32. The van der Waals surface area contributed by atoms with E-state index in [0.29, 0.717) is 0 Å². The lowest BCUT2D eigenvalue weighted by Crippen LogP contribution is -2.01. The van der Waals surface area contributed by atoms with E-state index in [1.54, 1.807) is 11.8 Å². The molecule has 1 aromatic carbocycles. The first-order valence-corrected chi connectivity index (χ1v) is 8.42. The molecule has 0 aliphatic carbocycles. The van der Waals surface area contributed by atoms with E-state index in [2.05, 4.69) is 64.0 Å². The second kappa shape index (κ2) is 7.06. The molecule has 1 heterocycles. The van der Waals surface area contributed by atoms with Crippen LogP contribution in [0.1, 0.15) is 29.6 Å². The van der Waals surface area contributed by atoms with Crippen LogP contribution in [0.5, 0.6) is 0 Å². The molecule has 0 amide bonds. The van der Waals surface area contributed by atoms with Gasteiger partial charge < -0.3 is 0 Å². The van der Waals surface area contributed by atoms with Crippen LogP contribution in [-0.2, 0) is 17.5 Å². The Morgan fingerprint density at radius 2 is 1.95 bits per heavy atom. The van der Waals surface area contributed by atoms with E-state index in [1.165, 1.54) is 16.0 Å². The van der Waals surface area contributed by atoms with Crippen molar-refractivity contribution in [2.75, 3.05) is 0 Å². The number of aromatic nitrogens is 2. The van der Waals surface area contributed by atoms with Gasteiger partial charge in [0.2, 0.25) is 0 Å². The molecule has 2 aromatic rings. The lowest BCUT2D eigenvalue weighted by molar-refractivity contribution is 0.915. The maximum atomic E-state index is 4.63. The van der Waals surface area contributed by atoms with Crippen LogP contribution >= 0.6 is 27.7 Å². The fourth-order valence-electron chi connectivity index (χ4n) is 1.75. The molecule has 4 heteroatoms. The van der Waals surface area contributed by atoms with Gasteiger partial charge in [0.25, 0.3) is 0 Å². The van der Waals surface area contributed by atoms with Crippen molar-refractivity contribution in [2.45, 2.75) is 36.2 Å². The monoisotopic (exact) mass is 336 g/mol. The van der Waals surface area contributed by atoms with Gasteiger partial charge in [0.05, 0.1) is 5.75 Å². The molecule has 0 spiro atoms. The fraction of sp³-hybridized carbons (Fsp3) is 0.333. The highest BCUT2D eigenvalue weighted by Gasteiger charge is 2.05. The minimum Gasteiger partial charge on any atom is -0.240 e. The zero-order valence-corrected chi connectivity index (χ0v) is 13.6. The summed E-state index contributed by atoms with van der Waals surface area (Å²) in [6.45, 7) is 4.23. The van der Waals surface area contributed by atoms with Crippen molar-refractivity contribution < 1.29 is 0 Å². The van der Waals surface area contributed by atoms with Crippen LogP contribution in [0.25, 0.3) is 0 Å². The molecular weight excluding hydrogens is 320 g/mol. The molecule has 2 rings (SSSR count).